The summed E-state index contributed by atoms with van der Waals surface area (Å²) in [7, 11) is 0. The Morgan fingerprint density at radius 3 is 2.22 bits per heavy atom. The molecule has 6 heteroatoms. The molecule has 1 aliphatic rings. The Bertz CT molecular complexity index is 489. The van der Waals surface area contributed by atoms with Crippen LogP contribution in [0, 0.1) is 0 Å². The summed E-state index contributed by atoms with van der Waals surface area (Å²) >= 11 is 0. The number of nitrogens with two attached hydrogens (primary N) is 1. The molecule has 1 heterocycles. The minimum absolute atomic E-state index is 0.270. The highest BCUT2D eigenvalue weighted by Gasteiger charge is 2.26. The molecule has 27 heavy (non-hydrogen) atoms. The molecule has 0 spiro atoms. The molecule has 0 radical (unpaired) electrons. The van der Waals surface area contributed by atoms with Gasteiger partial charge in [-0.1, -0.05) is 51.1 Å². The van der Waals surface area contributed by atoms with Crippen LogP contribution < -0.4 is 5.73 Å². The summed E-state index contributed by atoms with van der Waals surface area (Å²) in [5.74, 6) is 0. The van der Waals surface area contributed by atoms with Crippen molar-refractivity contribution < 1.29 is 14.3 Å². The number of piperidine rings is 1. The molecule has 2 rings (SSSR count). The first-order valence-corrected chi connectivity index (χ1v) is 9.99. The van der Waals surface area contributed by atoms with Crippen LogP contribution in [0.1, 0.15) is 52.5 Å². The van der Waals surface area contributed by atoms with Gasteiger partial charge in [-0.15, -0.1) is 0 Å². The first kappa shape index (κ1) is 24.9. The third kappa shape index (κ3) is 10.6. The molecule has 154 valence electrons. The number of benzene rings is 1. The number of hydrogen-bond acceptors (Lipinski definition) is 4. The minimum atomic E-state index is -0.270. The van der Waals surface area contributed by atoms with Crippen molar-refractivity contribution in [3.05, 3.63) is 35.9 Å². The Labute approximate surface area is 164 Å². The van der Waals surface area contributed by atoms with Crippen LogP contribution in [0.5, 0.6) is 0 Å². The molecule has 0 saturated carbocycles. The summed E-state index contributed by atoms with van der Waals surface area (Å²) in [6.45, 7) is 12.6. The zero-order chi connectivity index (χ0) is 20.5. The molecule has 1 fully saturated rings. The van der Waals surface area contributed by atoms with E-state index in [2.05, 4.69) is 40.8 Å². The van der Waals surface area contributed by atoms with Gasteiger partial charge in [0.1, 0.15) is 0 Å². The van der Waals surface area contributed by atoms with Crippen LogP contribution in [-0.2, 0) is 16.1 Å². The van der Waals surface area contributed by atoms with Crippen molar-refractivity contribution in [2.75, 3.05) is 26.2 Å². The second-order valence-electron chi connectivity index (χ2n) is 6.08. The van der Waals surface area contributed by atoms with Gasteiger partial charge < -0.3 is 15.4 Å². The molecule has 0 aliphatic carbocycles. The number of rotatable bonds is 7. The molecule has 0 unspecified atom stereocenters. The van der Waals surface area contributed by atoms with E-state index in [0.717, 1.165) is 45.4 Å². The molecule has 1 aliphatic heterocycles. The Hall–Kier alpha value is -2.08. The molecular formula is C21H37N3O3. The molecule has 1 aromatic carbocycles. The van der Waals surface area contributed by atoms with Gasteiger partial charge in [0.05, 0.1) is 6.61 Å². The van der Waals surface area contributed by atoms with Crippen molar-refractivity contribution in [2.24, 2.45) is 5.73 Å². The number of likely N-dealkylation sites (tertiary alicyclic amines) is 1. The maximum absolute atomic E-state index is 11.5. The molecule has 2 N–H and O–H groups in total. The zero-order valence-electron chi connectivity index (χ0n) is 17.4. The summed E-state index contributed by atoms with van der Waals surface area (Å²) in [6, 6.07) is 10.6. The molecule has 0 aromatic heterocycles. The maximum Gasteiger partial charge on any atom is 0.315 e. The number of ether oxygens (including phenoxy) is 1. The normalized spacial score (nSPS) is 14.1. The first-order chi connectivity index (χ1) is 13.1. The smallest absolute Gasteiger partial charge is 0.315 e. The standard InChI is InChI=1S/C16H25N3O.C3H6O2.C2H6/c1-2-10-19(16(17)20)15-8-11-18(12-9-15)13-14-6-4-3-5-7-14;1-2-5-3-4;1-2/h3-7,15H,2,8-13H2,1H3,(H2,17,20);3H,2H2,1H3;1-2H3. The summed E-state index contributed by atoms with van der Waals surface area (Å²) in [4.78, 5) is 25.0. The van der Waals surface area contributed by atoms with E-state index in [1.54, 1.807) is 6.92 Å². The van der Waals surface area contributed by atoms with Crippen molar-refractivity contribution >= 4 is 12.5 Å². The van der Waals surface area contributed by atoms with Gasteiger partial charge in [-0.2, -0.15) is 0 Å². The summed E-state index contributed by atoms with van der Waals surface area (Å²) in [5, 5.41) is 0. The lowest BCUT2D eigenvalue weighted by Crippen LogP contribution is -2.49. The topological polar surface area (TPSA) is 75.9 Å². The van der Waals surface area contributed by atoms with E-state index in [9.17, 15) is 9.59 Å². The van der Waals surface area contributed by atoms with Crippen LogP contribution >= 0.6 is 0 Å². The van der Waals surface area contributed by atoms with Crippen LogP contribution in [0.3, 0.4) is 0 Å². The maximum atomic E-state index is 11.5. The molecule has 6 nitrogen and oxygen atoms in total. The molecule has 0 bridgehead atoms. The van der Waals surface area contributed by atoms with Gasteiger partial charge in [0.2, 0.25) is 0 Å². The van der Waals surface area contributed by atoms with Gasteiger partial charge in [0.25, 0.3) is 6.47 Å². The van der Waals surface area contributed by atoms with Crippen molar-refractivity contribution in [1.82, 2.24) is 9.80 Å². The SMILES string of the molecule is CC.CCCN(C(N)=O)C1CCN(Cc2ccccc2)CC1.CCOC=O. The lowest BCUT2D eigenvalue weighted by molar-refractivity contribution is -0.128. The van der Waals surface area contributed by atoms with E-state index >= 15 is 0 Å². The number of urea groups is 1. The number of primary amides is 1. The van der Waals surface area contributed by atoms with Gasteiger partial charge in [0.15, 0.2) is 0 Å². The Balaban J connectivity index is 0.000000838. The van der Waals surface area contributed by atoms with E-state index in [-0.39, 0.29) is 6.03 Å². The molecular weight excluding hydrogens is 342 g/mol. The summed E-state index contributed by atoms with van der Waals surface area (Å²) in [6.07, 6.45) is 3.01. The summed E-state index contributed by atoms with van der Waals surface area (Å²) in [5.41, 5.74) is 6.84. The second kappa shape index (κ2) is 16.1. The van der Waals surface area contributed by atoms with E-state index < -0.39 is 0 Å². The fourth-order valence-electron chi connectivity index (χ4n) is 3.01. The first-order valence-electron chi connectivity index (χ1n) is 9.99. The molecule has 0 atom stereocenters. The predicted octanol–water partition coefficient (Wildman–Crippen LogP) is 3.65. The van der Waals surface area contributed by atoms with Crippen molar-refractivity contribution in [1.29, 1.82) is 0 Å². The number of nitrogens with zero attached hydrogens (tertiary/aromatic N) is 2. The Kier molecular flexibility index (Phi) is 14.9. The van der Waals surface area contributed by atoms with Gasteiger partial charge in [-0.05, 0) is 31.7 Å². The van der Waals surface area contributed by atoms with Crippen LogP contribution in [-0.4, -0.2) is 54.6 Å². The quantitative estimate of drug-likeness (QED) is 0.734. The third-order valence-electron chi connectivity index (χ3n) is 4.23. The van der Waals surface area contributed by atoms with Gasteiger partial charge in [-0.25, -0.2) is 4.79 Å². The highest BCUT2D eigenvalue weighted by molar-refractivity contribution is 5.72. The molecule has 1 aromatic rings. The van der Waals surface area contributed by atoms with Crippen LogP contribution in [0.4, 0.5) is 4.79 Å². The Morgan fingerprint density at radius 1 is 1.22 bits per heavy atom. The third-order valence-corrected chi connectivity index (χ3v) is 4.23. The predicted molar refractivity (Wildman–Crippen MR) is 110 cm³/mol. The lowest BCUT2D eigenvalue weighted by atomic mass is 10.0. The fraction of sp³-hybridized carbons (Fsp3) is 0.619. The Morgan fingerprint density at radius 2 is 1.81 bits per heavy atom. The highest BCUT2D eigenvalue weighted by atomic mass is 16.5. The van der Waals surface area contributed by atoms with Crippen LogP contribution in [0.2, 0.25) is 0 Å². The van der Waals surface area contributed by atoms with Crippen LogP contribution in [0.25, 0.3) is 0 Å². The van der Waals surface area contributed by atoms with E-state index in [1.165, 1.54) is 5.56 Å². The van der Waals surface area contributed by atoms with E-state index in [1.807, 2.05) is 24.8 Å². The number of carbonyl (C=O) groups is 2. The lowest BCUT2D eigenvalue weighted by Gasteiger charge is -2.37. The van der Waals surface area contributed by atoms with Crippen LogP contribution in [0.15, 0.2) is 30.3 Å². The number of hydrogen-bond donors (Lipinski definition) is 1. The van der Waals surface area contributed by atoms with Crippen molar-refractivity contribution in [3.63, 3.8) is 0 Å². The van der Waals surface area contributed by atoms with Gasteiger partial charge in [0, 0.05) is 32.2 Å². The summed E-state index contributed by atoms with van der Waals surface area (Å²) < 4.78 is 4.15. The van der Waals surface area contributed by atoms with Gasteiger partial charge in [-0.3, -0.25) is 9.69 Å². The highest BCUT2D eigenvalue weighted by Crippen LogP contribution is 2.18. The molecule has 2 amide bonds. The van der Waals surface area contributed by atoms with E-state index in [0.29, 0.717) is 19.1 Å². The number of amides is 2. The van der Waals surface area contributed by atoms with Crippen molar-refractivity contribution in [2.45, 2.75) is 59.5 Å². The average Bonchev–Trinajstić information content (AvgIpc) is 2.70. The number of carbonyl (C=O) groups excluding carboxylic acids is 2. The van der Waals surface area contributed by atoms with Crippen molar-refractivity contribution in [3.8, 4) is 0 Å². The largest absolute Gasteiger partial charge is 0.468 e. The van der Waals surface area contributed by atoms with Gasteiger partial charge >= 0.3 is 6.03 Å². The van der Waals surface area contributed by atoms with E-state index in [4.69, 9.17) is 5.73 Å². The average molecular weight is 380 g/mol. The minimum Gasteiger partial charge on any atom is -0.468 e. The second-order valence-corrected chi connectivity index (χ2v) is 6.08. The zero-order valence-corrected chi connectivity index (χ0v) is 17.4. The fourth-order valence-corrected chi connectivity index (χ4v) is 3.01. The molecule has 1 saturated heterocycles. The monoisotopic (exact) mass is 379 g/mol.